The number of nitrogens with zero attached hydrogens (tertiary/aromatic N) is 3. The van der Waals surface area contributed by atoms with Gasteiger partial charge in [-0.3, -0.25) is 4.79 Å². The number of ether oxygens (including phenoxy) is 1. The molecule has 0 radical (unpaired) electrons. The summed E-state index contributed by atoms with van der Waals surface area (Å²) < 4.78 is 5.08. The summed E-state index contributed by atoms with van der Waals surface area (Å²) in [5.74, 6) is 0.180. The number of amides is 1. The van der Waals surface area contributed by atoms with Gasteiger partial charge in [0.2, 0.25) is 0 Å². The van der Waals surface area contributed by atoms with Crippen molar-refractivity contribution in [1.29, 1.82) is 0 Å². The Labute approximate surface area is 110 Å². The lowest BCUT2D eigenvalue weighted by Crippen LogP contribution is -2.25. The normalized spacial score (nSPS) is 9.44. The molecule has 1 rings (SSSR count). The van der Waals surface area contributed by atoms with Crippen molar-refractivity contribution in [1.82, 2.24) is 5.32 Å². The van der Waals surface area contributed by atoms with Crippen LogP contribution >= 0.6 is 11.6 Å². The van der Waals surface area contributed by atoms with E-state index in [0.29, 0.717) is 35.8 Å². The third kappa shape index (κ3) is 4.16. The summed E-state index contributed by atoms with van der Waals surface area (Å²) in [7, 11) is 1.48. The van der Waals surface area contributed by atoms with Gasteiger partial charge in [0.25, 0.3) is 5.91 Å². The number of hydrogen-bond acceptors (Lipinski definition) is 3. The molecule has 6 nitrogen and oxygen atoms in total. The molecular weight excluding hydrogens is 256 g/mol. The SMILES string of the molecule is COc1cc(Cl)ccc1C(=O)NCCCN=[N+]=[N-]. The van der Waals surface area contributed by atoms with Gasteiger partial charge in [-0.05, 0) is 30.2 Å². The molecule has 0 bridgehead atoms. The van der Waals surface area contributed by atoms with Crippen molar-refractivity contribution in [2.24, 2.45) is 5.11 Å². The third-order valence-electron chi connectivity index (χ3n) is 2.19. The Morgan fingerprint density at radius 3 is 3.06 bits per heavy atom. The lowest BCUT2D eigenvalue weighted by molar-refractivity contribution is 0.0950. The standard InChI is InChI=1S/C11H13ClN4O2/c1-18-10-7-8(12)3-4-9(10)11(17)14-5-2-6-15-16-13/h3-4,7H,2,5-6H2,1H3,(H,14,17). The number of hydrogen-bond donors (Lipinski definition) is 1. The van der Waals surface area contributed by atoms with E-state index in [1.54, 1.807) is 18.2 Å². The zero-order chi connectivity index (χ0) is 13.4. The highest BCUT2D eigenvalue weighted by Crippen LogP contribution is 2.22. The minimum atomic E-state index is -0.246. The lowest BCUT2D eigenvalue weighted by atomic mass is 10.2. The highest BCUT2D eigenvalue weighted by molar-refractivity contribution is 6.30. The predicted octanol–water partition coefficient (Wildman–Crippen LogP) is 2.78. The van der Waals surface area contributed by atoms with Crippen molar-refractivity contribution in [3.63, 3.8) is 0 Å². The van der Waals surface area contributed by atoms with E-state index in [1.807, 2.05) is 0 Å². The largest absolute Gasteiger partial charge is 0.496 e. The average Bonchev–Trinajstić information content (AvgIpc) is 2.38. The fourth-order valence-electron chi connectivity index (χ4n) is 1.34. The maximum absolute atomic E-state index is 11.8. The van der Waals surface area contributed by atoms with E-state index >= 15 is 0 Å². The zero-order valence-electron chi connectivity index (χ0n) is 9.89. The molecule has 0 atom stereocenters. The van der Waals surface area contributed by atoms with E-state index in [2.05, 4.69) is 15.3 Å². The fraction of sp³-hybridized carbons (Fsp3) is 0.364. The highest BCUT2D eigenvalue weighted by Gasteiger charge is 2.11. The van der Waals surface area contributed by atoms with Crippen molar-refractivity contribution >= 4 is 17.5 Å². The van der Waals surface area contributed by atoms with Gasteiger partial charge in [-0.2, -0.15) is 0 Å². The first kappa shape index (κ1) is 14.2. The van der Waals surface area contributed by atoms with Gasteiger partial charge in [0.1, 0.15) is 5.75 Å². The quantitative estimate of drug-likeness (QED) is 0.372. The highest BCUT2D eigenvalue weighted by atomic mass is 35.5. The molecule has 1 amide bonds. The molecule has 0 aliphatic rings. The average molecular weight is 269 g/mol. The number of halogens is 1. The van der Waals surface area contributed by atoms with Crippen molar-refractivity contribution in [3.05, 3.63) is 39.2 Å². The Morgan fingerprint density at radius 2 is 2.39 bits per heavy atom. The van der Waals surface area contributed by atoms with Crippen LogP contribution in [0, 0.1) is 0 Å². The maximum atomic E-state index is 11.8. The van der Waals surface area contributed by atoms with Crippen molar-refractivity contribution in [3.8, 4) is 5.75 Å². The van der Waals surface area contributed by atoms with Crippen LogP contribution in [-0.4, -0.2) is 26.1 Å². The van der Waals surface area contributed by atoms with Gasteiger partial charge in [-0.1, -0.05) is 16.7 Å². The van der Waals surface area contributed by atoms with Crippen molar-refractivity contribution in [2.45, 2.75) is 6.42 Å². The zero-order valence-corrected chi connectivity index (χ0v) is 10.6. The number of nitrogens with one attached hydrogen (secondary N) is 1. The molecule has 0 aromatic heterocycles. The predicted molar refractivity (Wildman–Crippen MR) is 69.0 cm³/mol. The van der Waals surface area contributed by atoms with Crippen LogP contribution in [0.5, 0.6) is 5.75 Å². The summed E-state index contributed by atoms with van der Waals surface area (Å²) in [6, 6.07) is 4.80. The van der Waals surface area contributed by atoms with E-state index < -0.39 is 0 Å². The molecular formula is C11H13ClN4O2. The van der Waals surface area contributed by atoms with E-state index in [1.165, 1.54) is 7.11 Å². The summed E-state index contributed by atoms with van der Waals surface area (Å²) in [5.41, 5.74) is 8.51. The lowest BCUT2D eigenvalue weighted by Gasteiger charge is -2.09. The Hall–Kier alpha value is -1.91. The second-order valence-electron chi connectivity index (χ2n) is 3.41. The fourth-order valence-corrected chi connectivity index (χ4v) is 1.51. The molecule has 0 fully saturated rings. The second kappa shape index (κ2) is 7.42. The Morgan fingerprint density at radius 1 is 1.61 bits per heavy atom. The molecule has 96 valence electrons. The van der Waals surface area contributed by atoms with Gasteiger partial charge in [0, 0.05) is 23.0 Å². The monoisotopic (exact) mass is 268 g/mol. The molecule has 18 heavy (non-hydrogen) atoms. The molecule has 0 spiro atoms. The van der Waals surface area contributed by atoms with Crippen molar-refractivity contribution in [2.75, 3.05) is 20.2 Å². The van der Waals surface area contributed by atoms with E-state index in [-0.39, 0.29) is 5.91 Å². The summed E-state index contributed by atoms with van der Waals surface area (Å²) in [6.07, 6.45) is 0.589. The number of azide groups is 1. The molecule has 0 heterocycles. The van der Waals surface area contributed by atoms with Gasteiger partial charge in [0.05, 0.1) is 12.7 Å². The molecule has 1 aromatic rings. The van der Waals surface area contributed by atoms with Gasteiger partial charge < -0.3 is 10.1 Å². The van der Waals surface area contributed by atoms with E-state index in [9.17, 15) is 4.79 Å². The first-order chi connectivity index (χ1) is 8.69. The molecule has 0 unspecified atom stereocenters. The number of benzene rings is 1. The van der Waals surface area contributed by atoms with Crippen LogP contribution in [0.15, 0.2) is 23.3 Å². The topological polar surface area (TPSA) is 87.1 Å². The van der Waals surface area contributed by atoms with Crippen LogP contribution in [0.2, 0.25) is 5.02 Å². The van der Waals surface area contributed by atoms with Crippen LogP contribution in [0.1, 0.15) is 16.8 Å². The van der Waals surface area contributed by atoms with Gasteiger partial charge >= 0.3 is 0 Å². The minimum Gasteiger partial charge on any atom is -0.496 e. The first-order valence-electron chi connectivity index (χ1n) is 5.31. The molecule has 0 aliphatic carbocycles. The molecule has 0 saturated carbocycles. The van der Waals surface area contributed by atoms with Crippen LogP contribution < -0.4 is 10.1 Å². The summed E-state index contributed by atoms with van der Waals surface area (Å²) in [5, 5.41) is 6.59. The van der Waals surface area contributed by atoms with Crippen molar-refractivity contribution < 1.29 is 9.53 Å². The maximum Gasteiger partial charge on any atom is 0.255 e. The summed E-state index contributed by atoms with van der Waals surface area (Å²) in [4.78, 5) is 14.5. The molecule has 1 aromatic carbocycles. The first-order valence-corrected chi connectivity index (χ1v) is 5.69. The van der Waals surface area contributed by atoms with Gasteiger partial charge in [-0.25, -0.2) is 0 Å². The number of carbonyl (C=O) groups is 1. The van der Waals surface area contributed by atoms with Crippen LogP contribution in [0.3, 0.4) is 0 Å². The van der Waals surface area contributed by atoms with Gasteiger partial charge in [0.15, 0.2) is 0 Å². The molecule has 7 heteroatoms. The molecule has 0 saturated heterocycles. The van der Waals surface area contributed by atoms with Crippen LogP contribution in [-0.2, 0) is 0 Å². The van der Waals surface area contributed by atoms with E-state index in [4.69, 9.17) is 21.9 Å². The Bertz CT molecular complexity index is 472. The smallest absolute Gasteiger partial charge is 0.255 e. The number of rotatable bonds is 6. The third-order valence-corrected chi connectivity index (χ3v) is 2.43. The van der Waals surface area contributed by atoms with Crippen LogP contribution in [0.4, 0.5) is 0 Å². The summed E-state index contributed by atoms with van der Waals surface area (Å²) in [6.45, 7) is 0.790. The number of carbonyl (C=O) groups excluding carboxylic acids is 1. The molecule has 1 N–H and O–H groups in total. The molecule has 0 aliphatic heterocycles. The number of methoxy groups -OCH3 is 1. The second-order valence-corrected chi connectivity index (χ2v) is 3.84. The Balaban J connectivity index is 2.58. The Kier molecular flexibility index (Phi) is 5.84. The van der Waals surface area contributed by atoms with Crippen LogP contribution in [0.25, 0.3) is 10.4 Å². The minimum absolute atomic E-state index is 0.246. The van der Waals surface area contributed by atoms with E-state index in [0.717, 1.165) is 0 Å². The summed E-state index contributed by atoms with van der Waals surface area (Å²) >= 11 is 5.80. The van der Waals surface area contributed by atoms with Gasteiger partial charge in [-0.15, -0.1) is 0 Å².